The topological polar surface area (TPSA) is 64.6 Å². The van der Waals surface area contributed by atoms with Crippen LogP contribution in [0.2, 0.25) is 0 Å². The number of carbonyl (C=O) groups excluding carboxylic acids is 1. The Bertz CT molecular complexity index is 585. The maximum atomic E-state index is 12.1. The van der Waals surface area contributed by atoms with E-state index < -0.39 is 6.23 Å². The van der Waals surface area contributed by atoms with E-state index in [9.17, 15) is 9.90 Å². The maximum Gasteiger partial charge on any atom is 0.244 e. The van der Waals surface area contributed by atoms with Gasteiger partial charge >= 0.3 is 0 Å². The van der Waals surface area contributed by atoms with Gasteiger partial charge in [-0.15, -0.1) is 0 Å². The summed E-state index contributed by atoms with van der Waals surface area (Å²) in [7, 11) is 1.94. The molecular formula is C17H23N3O2. The SMILES string of the molecule is CN(c1cccc(C2=CCNCC2)c1)C1CCC(O)NC1=O. The van der Waals surface area contributed by atoms with E-state index in [0.29, 0.717) is 12.8 Å². The number of hydrogen-bond donors (Lipinski definition) is 3. The Labute approximate surface area is 131 Å². The number of aliphatic hydroxyl groups is 1. The zero-order valence-electron chi connectivity index (χ0n) is 12.9. The highest BCUT2D eigenvalue weighted by Crippen LogP contribution is 2.26. The van der Waals surface area contributed by atoms with Crippen LogP contribution in [0.3, 0.4) is 0 Å². The number of nitrogens with zero attached hydrogens (tertiary/aromatic N) is 1. The predicted octanol–water partition coefficient (Wildman–Crippen LogP) is 1.10. The molecular weight excluding hydrogens is 278 g/mol. The molecule has 2 aliphatic heterocycles. The van der Waals surface area contributed by atoms with Gasteiger partial charge in [0.25, 0.3) is 0 Å². The second-order valence-electron chi connectivity index (χ2n) is 5.96. The molecule has 2 aliphatic rings. The normalized spacial score (nSPS) is 25.4. The monoisotopic (exact) mass is 301 g/mol. The average Bonchev–Trinajstić information content (AvgIpc) is 2.55. The van der Waals surface area contributed by atoms with E-state index in [0.717, 1.165) is 25.2 Å². The van der Waals surface area contributed by atoms with E-state index in [1.165, 1.54) is 11.1 Å². The molecule has 2 atom stereocenters. The lowest BCUT2D eigenvalue weighted by atomic mass is 9.98. The summed E-state index contributed by atoms with van der Waals surface area (Å²) in [4.78, 5) is 14.1. The first kappa shape index (κ1) is 15.1. The van der Waals surface area contributed by atoms with Crippen LogP contribution < -0.4 is 15.5 Å². The minimum absolute atomic E-state index is 0.104. The molecule has 5 heteroatoms. The fraction of sp³-hybridized carbons (Fsp3) is 0.471. The molecule has 1 saturated heterocycles. The zero-order chi connectivity index (χ0) is 15.5. The van der Waals surface area contributed by atoms with Gasteiger partial charge in [-0.05, 0) is 49.1 Å². The Balaban J connectivity index is 1.79. The zero-order valence-corrected chi connectivity index (χ0v) is 12.9. The van der Waals surface area contributed by atoms with Crippen LogP contribution in [0.15, 0.2) is 30.3 Å². The standard InChI is InChI=1S/C17H23N3O2/c1-20(15-5-6-16(21)19-17(15)22)14-4-2-3-13(11-14)12-7-9-18-10-8-12/h2-4,7,11,15-16,18,21H,5-6,8-10H2,1H3,(H,19,22). The van der Waals surface area contributed by atoms with Gasteiger partial charge in [-0.25, -0.2) is 0 Å². The quantitative estimate of drug-likeness (QED) is 0.782. The smallest absolute Gasteiger partial charge is 0.244 e. The third-order valence-electron chi connectivity index (χ3n) is 4.48. The van der Waals surface area contributed by atoms with Crippen LogP contribution in [0.25, 0.3) is 5.57 Å². The Morgan fingerprint density at radius 1 is 1.32 bits per heavy atom. The number of amides is 1. The van der Waals surface area contributed by atoms with Crippen molar-refractivity contribution in [1.82, 2.24) is 10.6 Å². The minimum Gasteiger partial charge on any atom is -0.374 e. The lowest BCUT2D eigenvalue weighted by Crippen LogP contribution is -2.53. The molecule has 1 aromatic rings. The van der Waals surface area contributed by atoms with Crippen molar-refractivity contribution in [3.8, 4) is 0 Å². The Kier molecular flexibility index (Phi) is 4.45. The van der Waals surface area contributed by atoms with Crippen molar-refractivity contribution in [2.75, 3.05) is 25.0 Å². The fourth-order valence-electron chi connectivity index (χ4n) is 3.14. The van der Waals surface area contributed by atoms with Crippen LogP contribution in [-0.4, -0.2) is 43.4 Å². The van der Waals surface area contributed by atoms with Gasteiger partial charge in [-0.2, -0.15) is 0 Å². The highest BCUT2D eigenvalue weighted by Gasteiger charge is 2.30. The number of rotatable bonds is 3. The molecule has 1 amide bonds. The molecule has 2 unspecified atom stereocenters. The summed E-state index contributed by atoms with van der Waals surface area (Å²) in [5, 5.41) is 15.4. The average molecular weight is 301 g/mol. The molecule has 0 saturated carbocycles. The van der Waals surface area contributed by atoms with Gasteiger partial charge in [0.2, 0.25) is 5.91 Å². The van der Waals surface area contributed by atoms with Crippen molar-refractivity contribution in [3.05, 3.63) is 35.9 Å². The molecule has 0 aliphatic carbocycles. The summed E-state index contributed by atoms with van der Waals surface area (Å²) >= 11 is 0. The molecule has 0 spiro atoms. The summed E-state index contributed by atoms with van der Waals surface area (Å²) in [5.74, 6) is -0.104. The van der Waals surface area contributed by atoms with Gasteiger partial charge in [0.05, 0.1) is 0 Å². The molecule has 1 fully saturated rings. The fourth-order valence-corrected chi connectivity index (χ4v) is 3.14. The number of anilines is 1. The molecule has 0 aromatic heterocycles. The molecule has 5 nitrogen and oxygen atoms in total. The maximum absolute atomic E-state index is 12.1. The van der Waals surface area contributed by atoms with E-state index >= 15 is 0 Å². The highest BCUT2D eigenvalue weighted by atomic mass is 16.3. The Hall–Kier alpha value is -1.85. The van der Waals surface area contributed by atoms with Crippen LogP contribution in [0.4, 0.5) is 5.69 Å². The highest BCUT2D eigenvalue weighted by molar-refractivity contribution is 5.86. The van der Waals surface area contributed by atoms with Crippen LogP contribution >= 0.6 is 0 Å². The molecule has 3 rings (SSSR count). The minimum atomic E-state index is -0.705. The van der Waals surface area contributed by atoms with Crippen molar-refractivity contribution in [3.63, 3.8) is 0 Å². The number of aliphatic hydroxyl groups excluding tert-OH is 1. The molecule has 2 heterocycles. The van der Waals surface area contributed by atoms with Crippen LogP contribution in [0.1, 0.15) is 24.8 Å². The van der Waals surface area contributed by atoms with Gasteiger partial charge < -0.3 is 20.6 Å². The van der Waals surface area contributed by atoms with Gasteiger partial charge in [0.15, 0.2) is 0 Å². The number of likely N-dealkylation sites (N-methyl/N-ethyl adjacent to an activating group) is 1. The van der Waals surface area contributed by atoms with Crippen molar-refractivity contribution in [2.24, 2.45) is 0 Å². The van der Waals surface area contributed by atoms with Gasteiger partial charge in [-0.3, -0.25) is 4.79 Å². The lowest BCUT2D eigenvalue weighted by Gasteiger charge is -2.34. The summed E-state index contributed by atoms with van der Waals surface area (Å²) < 4.78 is 0. The molecule has 0 radical (unpaired) electrons. The third-order valence-corrected chi connectivity index (χ3v) is 4.48. The number of benzene rings is 1. The van der Waals surface area contributed by atoms with E-state index in [-0.39, 0.29) is 11.9 Å². The van der Waals surface area contributed by atoms with E-state index in [1.54, 1.807) is 0 Å². The first-order chi connectivity index (χ1) is 10.6. The summed E-state index contributed by atoms with van der Waals surface area (Å²) in [6.45, 7) is 1.92. The van der Waals surface area contributed by atoms with E-state index in [4.69, 9.17) is 0 Å². The Morgan fingerprint density at radius 2 is 2.18 bits per heavy atom. The van der Waals surface area contributed by atoms with E-state index in [1.807, 2.05) is 24.1 Å². The number of hydrogen-bond acceptors (Lipinski definition) is 4. The predicted molar refractivity (Wildman–Crippen MR) is 87.5 cm³/mol. The second kappa shape index (κ2) is 6.50. The van der Waals surface area contributed by atoms with Crippen molar-refractivity contribution in [2.45, 2.75) is 31.5 Å². The van der Waals surface area contributed by atoms with Gasteiger partial charge in [-0.1, -0.05) is 18.2 Å². The summed E-state index contributed by atoms with van der Waals surface area (Å²) in [6, 6.07) is 8.12. The number of nitrogens with one attached hydrogen (secondary N) is 2. The van der Waals surface area contributed by atoms with Gasteiger partial charge in [0.1, 0.15) is 12.3 Å². The van der Waals surface area contributed by atoms with Crippen LogP contribution in [0, 0.1) is 0 Å². The number of piperidine rings is 1. The van der Waals surface area contributed by atoms with Crippen molar-refractivity contribution >= 4 is 17.2 Å². The molecule has 3 N–H and O–H groups in total. The summed E-state index contributed by atoms with van der Waals surface area (Å²) in [6.07, 6.45) is 3.82. The molecule has 0 bridgehead atoms. The Morgan fingerprint density at radius 3 is 2.91 bits per heavy atom. The second-order valence-corrected chi connectivity index (χ2v) is 5.96. The lowest BCUT2D eigenvalue weighted by molar-refractivity contribution is -0.128. The molecule has 22 heavy (non-hydrogen) atoms. The van der Waals surface area contributed by atoms with Crippen LogP contribution in [-0.2, 0) is 4.79 Å². The first-order valence-electron chi connectivity index (χ1n) is 7.86. The number of carbonyl (C=O) groups is 1. The van der Waals surface area contributed by atoms with E-state index in [2.05, 4.69) is 28.8 Å². The third kappa shape index (κ3) is 3.15. The largest absolute Gasteiger partial charge is 0.374 e. The van der Waals surface area contributed by atoms with Gasteiger partial charge in [0, 0.05) is 19.3 Å². The summed E-state index contributed by atoms with van der Waals surface area (Å²) in [5.41, 5.74) is 3.62. The van der Waals surface area contributed by atoms with Crippen molar-refractivity contribution < 1.29 is 9.90 Å². The van der Waals surface area contributed by atoms with Crippen molar-refractivity contribution in [1.29, 1.82) is 0 Å². The van der Waals surface area contributed by atoms with Crippen LogP contribution in [0.5, 0.6) is 0 Å². The molecule has 118 valence electrons. The molecule has 1 aromatic carbocycles. The first-order valence-corrected chi connectivity index (χ1v) is 7.86.